The van der Waals surface area contributed by atoms with Gasteiger partial charge in [0.25, 0.3) is 0 Å². The lowest BCUT2D eigenvalue weighted by molar-refractivity contribution is -0.214. The summed E-state index contributed by atoms with van der Waals surface area (Å²) >= 11 is 0. The van der Waals surface area contributed by atoms with Crippen molar-refractivity contribution in [2.45, 2.75) is 96.5 Å². The Labute approximate surface area is 214 Å². The molecule has 1 aliphatic heterocycles. The number of hydrogen-bond donors (Lipinski definition) is 5. The monoisotopic (exact) mass is 518 g/mol. The minimum absolute atomic E-state index is 0.0242. The van der Waals surface area contributed by atoms with Gasteiger partial charge in [0.2, 0.25) is 11.8 Å². The molecule has 11 nitrogen and oxygen atoms in total. The zero-order valence-electron chi connectivity index (χ0n) is 22.0. The molecule has 36 heavy (non-hydrogen) atoms. The molecule has 2 amide bonds. The Morgan fingerprint density at radius 2 is 1.86 bits per heavy atom. The third kappa shape index (κ3) is 12.5. The summed E-state index contributed by atoms with van der Waals surface area (Å²) in [6, 6.07) is -1.02. The van der Waals surface area contributed by atoms with E-state index in [9.17, 15) is 30.0 Å². The van der Waals surface area contributed by atoms with Crippen LogP contribution in [0, 0.1) is 5.92 Å². The lowest BCUT2D eigenvalue weighted by atomic mass is 10.1. The highest BCUT2D eigenvalue weighted by molar-refractivity contribution is 5.77. The third-order valence-electron chi connectivity index (χ3n) is 5.82. The molecular weight excluding hydrogens is 472 g/mol. The Kier molecular flexibility index (Phi) is 15.8. The molecule has 1 heterocycles. The predicted octanol–water partition coefficient (Wildman–Crippen LogP) is 0.293. The summed E-state index contributed by atoms with van der Waals surface area (Å²) in [5.74, 6) is -0.0325. The summed E-state index contributed by atoms with van der Waals surface area (Å²) in [5.41, 5.74) is 0. The van der Waals surface area contributed by atoms with E-state index < -0.39 is 43.9 Å². The van der Waals surface area contributed by atoms with Gasteiger partial charge >= 0.3 is 0 Å². The van der Waals surface area contributed by atoms with Gasteiger partial charge in [0, 0.05) is 26.5 Å². The Morgan fingerprint density at radius 3 is 2.44 bits per heavy atom. The summed E-state index contributed by atoms with van der Waals surface area (Å²) in [6.45, 7) is 6.83. The highest BCUT2D eigenvalue weighted by atomic mass is 16.7. The Morgan fingerprint density at radius 1 is 1.14 bits per heavy atom. The summed E-state index contributed by atoms with van der Waals surface area (Å²) in [6.07, 6.45) is 2.80. The zero-order valence-corrected chi connectivity index (χ0v) is 22.0. The molecular formula is C25H46N2O9. The quantitative estimate of drug-likeness (QED) is 0.0977. The molecule has 0 spiro atoms. The largest absolute Gasteiger partial charge is 0.499 e. The Hall–Kier alpha value is -1.76. The van der Waals surface area contributed by atoms with Gasteiger partial charge in [-0.1, -0.05) is 20.3 Å². The molecule has 0 saturated carbocycles. The van der Waals surface area contributed by atoms with Crippen LogP contribution in [0.3, 0.4) is 0 Å². The number of likely N-dealkylation sites (tertiary alicyclic amines) is 1. The van der Waals surface area contributed by atoms with E-state index in [1.807, 2.05) is 19.9 Å². The summed E-state index contributed by atoms with van der Waals surface area (Å²) < 4.78 is 16.9. The third-order valence-corrected chi connectivity index (χ3v) is 5.82. The summed E-state index contributed by atoms with van der Waals surface area (Å²) in [7, 11) is 0. The van der Waals surface area contributed by atoms with Crippen molar-refractivity contribution in [1.29, 1.82) is 0 Å². The number of unbranched alkanes of at least 4 members (excludes halogenated alkanes) is 2. The number of ether oxygens (including phenoxy) is 3. The average Bonchev–Trinajstić information content (AvgIpc) is 3.19. The number of hydrogen-bond acceptors (Lipinski definition) is 9. The molecule has 0 aromatic rings. The van der Waals surface area contributed by atoms with Crippen LogP contribution in [0.4, 0.5) is 0 Å². The molecule has 0 radical (unpaired) electrons. The molecule has 1 rings (SSSR count). The summed E-state index contributed by atoms with van der Waals surface area (Å²) in [4.78, 5) is 25.8. The number of nitrogens with one attached hydrogen (secondary N) is 1. The normalized spacial score (nSPS) is 21.5. The van der Waals surface area contributed by atoms with E-state index in [2.05, 4.69) is 5.32 Å². The second-order valence-electron chi connectivity index (χ2n) is 9.63. The SMILES string of the molecule is CC(=O)N[C@@H](CO)C(OCCCCCC(=O)N1C[C@H](O)C[C@H]1CO/C=C/C(C)C)OC(CO)[C@@H](C)O. The smallest absolute Gasteiger partial charge is 0.223 e. The minimum Gasteiger partial charge on any atom is -0.499 e. The molecule has 210 valence electrons. The fourth-order valence-electron chi connectivity index (χ4n) is 3.83. The van der Waals surface area contributed by atoms with Crippen LogP contribution < -0.4 is 5.32 Å². The maximum absolute atomic E-state index is 12.7. The van der Waals surface area contributed by atoms with Crippen LogP contribution in [0.15, 0.2) is 12.3 Å². The number of carbonyl (C=O) groups is 2. The second kappa shape index (κ2) is 17.7. The lowest BCUT2D eigenvalue weighted by Crippen LogP contribution is -2.50. The van der Waals surface area contributed by atoms with Gasteiger partial charge in [0.05, 0.1) is 37.7 Å². The van der Waals surface area contributed by atoms with Crippen LogP contribution in [0.2, 0.25) is 0 Å². The van der Waals surface area contributed by atoms with Gasteiger partial charge < -0.3 is 44.9 Å². The number of aliphatic hydroxyl groups is 4. The molecule has 0 aliphatic carbocycles. The van der Waals surface area contributed by atoms with Crippen LogP contribution in [0.25, 0.3) is 0 Å². The molecule has 2 unspecified atom stereocenters. The topological polar surface area (TPSA) is 158 Å². The van der Waals surface area contributed by atoms with E-state index in [1.165, 1.54) is 13.8 Å². The van der Waals surface area contributed by atoms with E-state index in [4.69, 9.17) is 14.2 Å². The first kappa shape index (κ1) is 32.3. The van der Waals surface area contributed by atoms with Gasteiger partial charge in [-0.25, -0.2) is 0 Å². The number of amides is 2. The van der Waals surface area contributed by atoms with Crippen molar-refractivity contribution in [3.8, 4) is 0 Å². The van der Waals surface area contributed by atoms with Crippen molar-refractivity contribution in [2.75, 3.05) is 33.0 Å². The van der Waals surface area contributed by atoms with Gasteiger partial charge in [-0.2, -0.15) is 0 Å². The van der Waals surface area contributed by atoms with E-state index in [0.717, 1.165) is 0 Å². The molecule has 5 N–H and O–H groups in total. The predicted molar refractivity (Wildman–Crippen MR) is 133 cm³/mol. The van der Waals surface area contributed by atoms with Crippen molar-refractivity contribution < 1.29 is 44.2 Å². The molecule has 1 aliphatic rings. The number of carbonyl (C=O) groups excluding carboxylic acids is 2. The number of aliphatic hydroxyl groups excluding tert-OH is 4. The Balaban J connectivity index is 2.47. The first-order chi connectivity index (χ1) is 17.1. The lowest BCUT2D eigenvalue weighted by Gasteiger charge is -2.30. The number of nitrogens with zero attached hydrogens (tertiary/aromatic N) is 1. The molecule has 1 fully saturated rings. The van der Waals surface area contributed by atoms with Gasteiger partial charge in [0.15, 0.2) is 6.29 Å². The maximum atomic E-state index is 12.7. The molecule has 6 atom stereocenters. The van der Waals surface area contributed by atoms with Crippen molar-refractivity contribution in [1.82, 2.24) is 10.2 Å². The van der Waals surface area contributed by atoms with Crippen LogP contribution in [0.1, 0.15) is 59.8 Å². The van der Waals surface area contributed by atoms with Gasteiger partial charge in [0.1, 0.15) is 18.8 Å². The number of rotatable bonds is 18. The van der Waals surface area contributed by atoms with Crippen molar-refractivity contribution >= 4 is 11.8 Å². The van der Waals surface area contributed by atoms with Gasteiger partial charge in [-0.05, 0) is 38.2 Å². The molecule has 0 bridgehead atoms. The standard InChI is InChI=1S/C25H46N2O9/c1-17(2)9-11-34-16-20-12-21(32)13-27(20)24(33)8-6-5-7-10-35-25(22(14-28)26-19(4)31)36-23(15-29)18(3)30/h9,11,17-18,20-23,25,28-30,32H,5-8,10,12-16H2,1-4H3,(H,26,31)/b11-9+/t18-,20+,21-,22+,23?,25?/m1/s1. The van der Waals surface area contributed by atoms with Crippen LogP contribution in [-0.4, -0.2) is 107 Å². The fourth-order valence-corrected chi connectivity index (χ4v) is 3.83. The zero-order chi connectivity index (χ0) is 27.1. The second-order valence-corrected chi connectivity index (χ2v) is 9.63. The average molecular weight is 519 g/mol. The van der Waals surface area contributed by atoms with E-state index >= 15 is 0 Å². The van der Waals surface area contributed by atoms with E-state index in [0.29, 0.717) is 51.2 Å². The first-order valence-electron chi connectivity index (χ1n) is 12.8. The number of β-amino-alcohol motifs (C(OH)–C–C–N with tert-alkyl or cyclic N) is 1. The van der Waals surface area contributed by atoms with E-state index in [-0.39, 0.29) is 24.5 Å². The van der Waals surface area contributed by atoms with Crippen LogP contribution in [0.5, 0.6) is 0 Å². The summed E-state index contributed by atoms with van der Waals surface area (Å²) in [5, 5.41) is 41.4. The van der Waals surface area contributed by atoms with Gasteiger partial charge in [-0.3, -0.25) is 9.59 Å². The maximum Gasteiger partial charge on any atom is 0.223 e. The van der Waals surface area contributed by atoms with Crippen LogP contribution in [-0.2, 0) is 23.8 Å². The molecule has 0 aromatic carbocycles. The van der Waals surface area contributed by atoms with Gasteiger partial charge in [-0.15, -0.1) is 0 Å². The van der Waals surface area contributed by atoms with Crippen molar-refractivity contribution in [3.63, 3.8) is 0 Å². The van der Waals surface area contributed by atoms with Crippen molar-refractivity contribution in [3.05, 3.63) is 12.3 Å². The fraction of sp³-hybridized carbons (Fsp3) is 0.840. The molecule has 0 aromatic heterocycles. The van der Waals surface area contributed by atoms with Crippen LogP contribution >= 0.6 is 0 Å². The highest BCUT2D eigenvalue weighted by Crippen LogP contribution is 2.20. The van der Waals surface area contributed by atoms with Crippen molar-refractivity contribution in [2.24, 2.45) is 5.92 Å². The van der Waals surface area contributed by atoms with E-state index in [1.54, 1.807) is 11.2 Å². The molecule has 1 saturated heterocycles. The first-order valence-corrected chi connectivity index (χ1v) is 12.8. The minimum atomic E-state index is -1.07. The molecule has 11 heteroatoms. The Bertz CT molecular complexity index is 659. The number of allylic oxidation sites excluding steroid dienone is 1. The highest BCUT2D eigenvalue weighted by Gasteiger charge is 2.34.